The highest BCUT2D eigenvalue weighted by Crippen LogP contribution is 2.18. The highest BCUT2D eigenvalue weighted by atomic mass is 16.5. The van der Waals surface area contributed by atoms with E-state index in [0.29, 0.717) is 24.4 Å². The van der Waals surface area contributed by atoms with Gasteiger partial charge in [-0.1, -0.05) is 12.1 Å². The van der Waals surface area contributed by atoms with Gasteiger partial charge in [-0.05, 0) is 48.5 Å². The maximum Gasteiger partial charge on any atom is 0.254 e. The third kappa shape index (κ3) is 3.61. The van der Waals surface area contributed by atoms with E-state index in [4.69, 9.17) is 4.74 Å². The summed E-state index contributed by atoms with van der Waals surface area (Å²) in [5.41, 5.74) is 4.18. The smallest absolute Gasteiger partial charge is 0.254 e. The summed E-state index contributed by atoms with van der Waals surface area (Å²) < 4.78 is 9.23. The molecule has 0 saturated heterocycles. The quantitative estimate of drug-likeness (QED) is 0.426. The summed E-state index contributed by atoms with van der Waals surface area (Å²) in [4.78, 5) is 24.2. The third-order valence-corrected chi connectivity index (χ3v) is 5.32. The number of hydrogen-bond acceptors (Lipinski definition) is 4. The Hall–Kier alpha value is -4.13. The number of nitrogens with zero attached hydrogens (tertiary/aromatic N) is 5. The van der Waals surface area contributed by atoms with Gasteiger partial charge < -0.3 is 18.4 Å². The maximum atomic E-state index is 13.5. The third-order valence-electron chi connectivity index (χ3n) is 5.32. The lowest BCUT2D eigenvalue weighted by molar-refractivity contribution is 0.0725. The lowest BCUT2D eigenvalue weighted by Gasteiger charge is -2.22. The van der Waals surface area contributed by atoms with E-state index >= 15 is 0 Å². The summed E-state index contributed by atoms with van der Waals surface area (Å²) in [5.74, 6) is 0.645. The van der Waals surface area contributed by atoms with E-state index < -0.39 is 0 Å². The van der Waals surface area contributed by atoms with Crippen molar-refractivity contribution in [1.82, 2.24) is 23.7 Å². The Labute approximate surface area is 179 Å². The molecule has 0 aliphatic carbocycles. The Balaban J connectivity index is 1.51. The Kier molecular flexibility index (Phi) is 4.84. The standard InChI is InChI=1S/C24H21N5O2/c1-31-21-10-8-18(9-11-21)24(30)27(16-19-14-25-22-6-2-4-12-28(19)22)17-20-15-26-23-7-3-5-13-29(20)23/h2-15H,16-17H2,1H3. The molecule has 1 amide bonds. The van der Waals surface area contributed by atoms with Crippen LogP contribution in [0.5, 0.6) is 5.75 Å². The average Bonchev–Trinajstić information content (AvgIpc) is 3.43. The number of amides is 1. The minimum absolute atomic E-state index is 0.0700. The number of carbonyl (C=O) groups excluding carboxylic acids is 1. The van der Waals surface area contributed by atoms with Gasteiger partial charge >= 0.3 is 0 Å². The number of rotatable bonds is 6. The summed E-state index contributed by atoms with van der Waals surface area (Å²) >= 11 is 0. The molecule has 154 valence electrons. The predicted molar refractivity (Wildman–Crippen MR) is 117 cm³/mol. The van der Waals surface area contributed by atoms with E-state index in [1.165, 1.54) is 0 Å². The largest absolute Gasteiger partial charge is 0.497 e. The Morgan fingerprint density at radius 1 is 0.839 bits per heavy atom. The maximum absolute atomic E-state index is 13.5. The molecule has 7 nitrogen and oxygen atoms in total. The number of ether oxygens (including phenoxy) is 1. The summed E-state index contributed by atoms with van der Waals surface area (Å²) in [6.45, 7) is 0.826. The first-order valence-corrected chi connectivity index (χ1v) is 9.98. The molecular formula is C24H21N5O2. The number of pyridine rings is 2. The van der Waals surface area contributed by atoms with Gasteiger partial charge in [0.1, 0.15) is 17.0 Å². The molecule has 4 aromatic heterocycles. The summed E-state index contributed by atoms with van der Waals surface area (Å²) in [7, 11) is 1.61. The number of carbonyl (C=O) groups is 1. The first kappa shape index (κ1) is 18.9. The zero-order valence-electron chi connectivity index (χ0n) is 17.0. The van der Waals surface area contributed by atoms with Crippen molar-refractivity contribution in [2.24, 2.45) is 0 Å². The molecule has 31 heavy (non-hydrogen) atoms. The van der Waals surface area contributed by atoms with Gasteiger partial charge in [0.05, 0.1) is 44.0 Å². The number of hydrogen-bond donors (Lipinski definition) is 0. The molecule has 0 spiro atoms. The van der Waals surface area contributed by atoms with Crippen LogP contribution in [0.15, 0.2) is 85.5 Å². The van der Waals surface area contributed by atoms with Crippen molar-refractivity contribution in [1.29, 1.82) is 0 Å². The number of benzene rings is 1. The molecular weight excluding hydrogens is 390 g/mol. The van der Waals surface area contributed by atoms with Crippen molar-refractivity contribution < 1.29 is 9.53 Å². The Bertz CT molecular complexity index is 1280. The molecule has 7 heteroatoms. The van der Waals surface area contributed by atoms with Crippen molar-refractivity contribution in [3.05, 3.63) is 102 Å². The molecule has 0 radical (unpaired) electrons. The summed E-state index contributed by atoms with van der Waals surface area (Å²) in [6, 6.07) is 18.9. The minimum atomic E-state index is -0.0700. The normalized spacial score (nSPS) is 11.1. The van der Waals surface area contributed by atoms with E-state index in [2.05, 4.69) is 9.97 Å². The van der Waals surface area contributed by atoms with E-state index in [1.807, 2.05) is 74.9 Å². The van der Waals surface area contributed by atoms with Gasteiger partial charge in [0.25, 0.3) is 5.91 Å². The zero-order valence-corrected chi connectivity index (χ0v) is 17.0. The van der Waals surface area contributed by atoms with Crippen LogP contribution in [-0.4, -0.2) is 36.7 Å². The van der Waals surface area contributed by atoms with Crippen LogP contribution in [0.1, 0.15) is 21.7 Å². The highest BCUT2D eigenvalue weighted by Gasteiger charge is 2.20. The molecule has 5 rings (SSSR count). The van der Waals surface area contributed by atoms with Gasteiger partial charge in [0, 0.05) is 18.0 Å². The van der Waals surface area contributed by atoms with E-state index in [0.717, 1.165) is 22.7 Å². The van der Waals surface area contributed by atoms with E-state index in [9.17, 15) is 4.79 Å². The molecule has 4 heterocycles. The summed E-state index contributed by atoms with van der Waals surface area (Å²) in [6.07, 6.45) is 7.56. The minimum Gasteiger partial charge on any atom is -0.497 e. The topological polar surface area (TPSA) is 64.1 Å². The fraction of sp³-hybridized carbons (Fsp3) is 0.125. The fourth-order valence-corrected chi connectivity index (χ4v) is 3.71. The van der Waals surface area contributed by atoms with Crippen LogP contribution in [0.3, 0.4) is 0 Å². The predicted octanol–water partition coefficient (Wildman–Crippen LogP) is 3.83. The molecule has 0 fully saturated rings. The SMILES string of the molecule is COc1ccc(C(=O)N(Cc2cnc3ccccn23)Cc2cnc3ccccn23)cc1. The monoisotopic (exact) mass is 411 g/mol. The molecule has 0 saturated carbocycles. The molecule has 0 atom stereocenters. The number of fused-ring (bicyclic) bond motifs is 2. The summed E-state index contributed by atoms with van der Waals surface area (Å²) in [5, 5.41) is 0. The van der Waals surface area contributed by atoms with Gasteiger partial charge in [-0.15, -0.1) is 0 Å². The van der Waals surface area contributed by atoms with Gasteiger partial charge in [0.2, 0.25) is 0 Å². The van der Waals surface area contributed by atoms with Crippen LogP contribution >= 0.6 is 0 Å². The van der Waals surface area contributed by atoms with Crippen molar-refractivity contribution in [2.45, 2.75) is 13.1 Å². The van der Waals surface area contributed by atoms with Crippen molar-refractivity contribution in [3.63, 3.8) is 0 Å². The molecule has 1 aromatic carbocycles. The molecule has 5 aromatic rings. The second-order valence-corrected chi connectivity index (χ2v) is 7.25. The van der Waals surface area contributed by atoms with Crippen LogP contribution < -0.4 is 4.74 Å². The lowest BCUT2D eigenvalue weighted by atomic mass is 10.1. The van der Waals surface area contributed by atoms with Crippen molar-refractivity contribution >= 4 is 17.2 Å². The first-order valence-electron chi connectivity index (χ1n) is 9.98. The van der Waals surface area contributed by atoms with E-state index in [-0.39, 0.29) is 5.91 Å². The first-order chi connectivity index (χ1) is 15.2. The second kappa shape index (κ2) is 7.95. The molecule has 0 N–H and O–H groups in total. The second-order valence-electron chi connectivity index (χ2n) is 7.25. The highest BCUT2D eigenvalue weighted by molar-refractivity contribution is 5.94. The Morgan fingerprint density at radius 2 is 1.39 bits per heavy atom. The van der Waals surface area contributed by atoms with Crippen molar-refractivity contribution in [3.8, 4) is 5.75 Å². The van der Waals surface area contributed by atoms with Crippen LogP contribution in [0.25, 0.3) is 11.3 Å². The lowest BCUT2D eigenvalue weighted by Crippen LogP contribution is -2.31. The van der Waals surface area contributed by atoms with Gasteiger partial charge in [-0.25, -0.2) is 9.97 Å². The van der Waals surface area contributed by atoms with E-state index in [1.54, 1.807) is 31.4 Å². The van der Waals surface area contributed by atoms with Crippen LogP contribution in [0.4, 0.5) is 0 Å². The fourth-order valence-electron chi connectivity index (χ4n) is 3.71. The molecule has 0 bridgehead atoms. The van der Waals surface area contributed by atoms with Gasteiger partial charge in [-0.3, -0.25) is 4.79 Å². The Morgan fingerprint density at radius 3 is 1.90 bits per heavy atom. The van der Waals surface area contributed by atoms with Crippen molar-refractivity contribution in [2.75, 3.05) is 7.11 Å². The zero-order chi connectivity index (χ0) is 21.2. The van der Waals surface area contributed by atoms with Crippen LogP contribution in [-0.2, 0) is 13.1 Å². The molecule has 0 unspecified atom stereocenters. The molecule has 0 aliphatic heterocycles. The average molecular weight is 411 g/mol. The number of imidazole rings is 2. The van der Waals surface area contributed by atoms with Gasteiger partial charge in [-0.2, -0.15) is 0 Å². The van der Waals surface area contributed by atoms with Crippen LogP contribution in [0, 0.1) is 0 Å². The van der Waals surface area contributed by atoms with Crippen LogP contribution in [0.2, 0.25) is 0 Å². The number of aromatic nitrogens is 4. The van der Waals surface area contributed by atoms with Gasteiger partial charge in [0.15, 0.2) is 0 Å². The number of methoxy groups -OCH3 is 1. The molecule has 0 aliphatic rings.